The standard InChI is InChI=1S/C23H25N3/c1-3-9-18-11-7-13-20-21-14-8-12-19(23(21)26-22(18)20)10-4-2-6-16-25-17-24-15-5-1/h1-4,7-8,11-14,17,26H,5-6,9-10,15-16H2,(H,24,25)/b3-1-,4-2?. The van der Waals surface area contributed by atoms with Crippen LogP contribution in [0.1, 0.15) is 24.0 Å². The fourth-order valence-electron chi connectivity index (χ4n) is 3.58. The summed E-state index contributed by atoms with van der Waals surface area (Å²) in [6, 6.07) is 13.2. The second kappa shape index (κ2) is 8.05. The van der Waals surface area contributed by atoms with E-state index in [4.69, 9.17) is 0 Å². The van der Waals surface area contributed by atoms with Crippen LogP contribution in [0, 0.1) is 0 Å². The van der Waals surface area contributed by atoms with E-state index in [1.54, 1.807) is 0 Å². The van der Waals surface area contributed by atoms with Crippen molar-refractivity contribution < 1.29 is 0 Å². The maximum absolute atomic E-state index is 4.40. The predicted molar refractivity (Wildman–Crippen MR) is 112 cm³/mol. The zero-order valence-corrected chi connectivity index (χ0v) is 15.0. The lowest BCUT2D eigenvalue weighted by Gasteiger charge is -2.00. The van der Waals surface area contributed by atoms with Gasteiger partial charge in [-0.2, -0.15) is 0 Å². The lowest BCUT2D eigenvalue weighted by atomic mass is 10.0. The van der Waals surface area contributed by atoms with Crippen LogP contribution < -0.4 is 5.32 Å². The molecule has 0 atom stereocenters. The van der Waals surface area contributed by atoms with Gasteiger partial charge in [-0.15, -0.1) is 0 Å². The molecule has 2 bridgehead atoms. The molecule has 0 saturated heterocycles. The Morgan fingerprint density at radius 1 is 0.731 bits per heavy atom. The first-order valence-electron chi connectivity index (χ1n) is 9.46. The number of nitrogens with one attached hydrogen (secondary N) is 2. The Morgan fingerprint density at radius 2 is 1.38 bits per heavy atom. The second-order valence-electron chi connectivity index (χ2n) is 6.72. The molecular formula is C23H25N3. The topological polar surface area (TPSA) is 40.2 Å². The van der Waals surface area contributed by atoms with Crippen molar-refractivity contribution in [3.63, 3.8) is 0 Å². The number of para-hydroxylation sites is 2. The average molecular weight is 343 g/mol. The number of aromatic amines is 1. The van der Waals surface area contributed by atoms with Crippen LogP contribution in [0.4, 0.5) is 0 Å². The SMILES string of the molecule is C1=CCc2cccc3c2[nH]c2c(cccc23)C/C=C\CCN=CNCC1. The van der Waals surface area contributed by atoms with Gasteiger partial charge >= 0.3 is 0 Å². The summed E-state index contributed by atoms with van der Waals surface area (Å²) in [6.07, 6.45) is 14.7. The minimum absolute atomic E-state index is 0.833. The molecule has 1 aromatic heterocycles. The summed E-state index contributed by atoms with van der Waals surface area (Å²) in [5, 5.41) is 5.90. The summed E-state index contributed by atoms with van der Waals surface area (Å²) >= 11 is 0. The molecule has 132 valence electrons. The van der Waals surface area contributed by atoms with Gasteiger partial charge in [0.05, 0.1) is 17.4 Å². The van der Waals surface area contributed by atoms with Crippen LogP contribution in [0.5, 0.6) is 0 Å². The maximum Gasteiger partial charge on any atom is 0.0824 e. The molecule has 4 rings (SSSR count). The molecule has 0 fully saturated rings. The van der Waals surface area contributed by atoms with E-state index in [1.165, 1.54) is 32.9 Å². The normalized spacial score (nSPS) is 17.4. The predicted octanol–water partition coefficient (Wildman–Crippen LogP) is 4.93. The molecule has 1 aliphatic heterocycles. The number of fused-ring (bicyclic) bond motifs is 1. The van der Waals surface area contributed by atoms with Crippen molar-refractivity contribution in [2.75, 3.05) is 13.1 Å². The number of benzene rings is 2. The average Bonchev–Trinajstić information content (AvgIpc) is 3.05. The molecule has 0 aliphatic carbocycles. The summed E-state index contributed by atoms with van der Waals surface area (Å²) in [7, 11) is 0. The molecule has 1 aliphatic rings. The van der Waals surface area contributed by atoms with E-state index in [2.05, 4.69) is 76.0 Å². The Balaban J connectivity index is 1.75. The minimum Gasteiger partial charge on any atom is -0.376 e. The van der Waals surface area contributed by atoms with Crippen LogP contribution in [0.2, 0.25) is 0 Å². The molecule has 2 heterocycles. The third-order valence-corrected chi connectivity index (χ3v) is 4.91. The number of hydrogen-bond acceptors (Lipinski definition) is 2. The molecule has 0 spiro atoms. The Bertz CT molecular complexity index is 976. The smallest absolute Gasteiger partial charge is 0.0824 e. The highest BCUT2D eigenvalue weighted by atomic mass is 14.9. The Labute approximate surface area is 154 Å². The number of aliphatic imine (C=N–C) groups is 1. The first kappa shape index (κ1) is 16.6. The van der Waals surface area contributed by atoms with Gasteiger partial charge in [0, 0.05) is 23.9 Å². The number of H-pyrrole nitrogens is 1. The number of nitrogens with zero attached hydrogens (tertiary/aromatic N) is 1. The van der Waals surface area contributed by atoms with Crippen molar-refractivity contribution in [1.29, 1.82) is 0 Å². The van der Waals surface area contributed by atoms with Crippen molar-refractivity contribution in [3.05, 3.63) is 71.8 Å². The van der Waals surface area contributed by atoms with E-state index in [0.717, 1.165) is 38.8 Å². The van der Waals surface area contributed by atoms with Crippen molar-refractivity contribution in [2.24, 2.45) is 4.99 Å². The third kappa shape index (κ3) is 3.57. The summed E-state index contributed by atoms with van der Waals surface area (Å²) in [5.74, 6) is 0. The quantitative estimate of drug-likeness (QED) is 0.558. The summed E-state index contributed by atoms with van der Waals surface area (Å²) in [6.45, 7) is 1.76. The number of rotatable bonds is 0. The first-order chi connectivity index (χ1) is 12.9. The Kier molecular flexibility index (Phi) is 5.15. The highest BCUT2D eigenvalue weighted by Gasteiger charge is 2.09. The van der Waals surface area contributed by atoms with Gasteiger partial charge in [0.1, 0.15) is 0 Å². The van der Waals surface area contributed by atoms with Crippen LogP contribution in [-0.2, 0) is 12.8 Å². The molecule has 2 N–H and O–H groups in total. The zero-order chi connectivity index (χ0) is 17.6. The molecule has 2 aromatic carbocycles. The van der Waals surface area contributed by atoms with Gasteiger partial charge in [0.15, 0.2) is 0 Å². The number of allylic oxidation sites excluding steroid dienone is 2. The van der Waals surface area contributed by atoms with E-state index in [0.29, 0.717) is 0 Å². The third-order valence-electron chi connectivity index (χ3n) is 4.91. The fourth-order valence-corrected chi connectivity index (χ4v) is 3.58. The summed E-state index contributed by atoms with van der Waals surface area (Å²) in [5.41, 5.74) is 5.25. The molecule has 0 saturated carbocycles. The maximum atomic E-state index is 4.40. The molecule has 0 radical (unpaired) electrons. The fraction of sp³-hybridized carbons (Fsp3) is 0.261. The molecule has 3 nitrogen and oxygen atoms in total. The van der Waals surface area contributed by atoms with Crippen LogP contribution in [-0.4, -0.2) is 24.4 Å². The summed E-state index contributed by atoms with van der Waals surface area (Å²) in [4.78, 5) is 8.11. The van der Waals surface area contributed by atoms with Gasteiger partial charge in [0.2, 0.25) is 0 Å². The molecule has 3 aromatic rings. The Morgan fingerprint density at radius 3 is 2.08 bits per heavy atom. The van der Waals surface area contributed by atoms with E-state index < -0.39 is 0 Å². The van der Waals surface area contributed by atoms with Gasteiger partial charge in [0.25, 0.3) is 0 Å². The van der Waals surface area contributed by atoms with Crippen LogP contribution in [0.3, 0.4) is 0 Å². The van der Waals surface area contributed by atoms with Crippen LogP contribution >= 0.6 is 0 Å². The van der Waals surface area contributed by atoms with E-state index >= 15 is 0 Å². The van der Waals surface area contributed by atoms with E-state index in [1.807, 2.05) is 6.34 Å². The zero-order valence-electron chi connectivity index (χ0n) is 15.0. The highest BCUT2D eigenvalue weighted by Crippen LogP contribution is 2.30. The summed E-state index contributed by atoms with van der Waals surface area (Å²) < 4.78 is 0. The largest absolute Gasteiger partial charge is 0.376 e. The van der Waals surface area contributed by atoms with Gasteiger partial charge < -0.3 is 10.3 Å². The van der Waals surface area contributed by atoms with Crippen molar-refractivity contribution in [3.8, 4) is 0 Å². The molecular weight excluding hydrogens is 318 g/mol. The van der Waals surface area contributed by atoms with Crippen LogP contribution in [0.15, 0.2) is 65.7 Å². The van der Waals surface area contributed by atoms with Crippen LogP contribution in [0.25, 0.3) is 21.8 Å². The van der Waals surface area contributed by atoms with Crippen molar-refractivity contribution in [1.82, 2.24) is 10.3 Å². The van der Waals surface area contributed by atoms with E-state index in [9.17, 15) is 0 Å². The number of hydrogen-bond donors (Lipinski definition) is 2. The van der Waals surface area contributed by atoms with Crippen molar-refractivity contribution in [2.45, 2.75) is 25.7 Å². The first-order valence-corrected chi connectivity index (χ1v) is 9.46. The highest BCUT2D eigenvalue weighted by molar-refractivity contribution is 6.09. The molecule has 3 heteroatoms. The van der Waals surface area contributed by atoms with E-state index in [-0.39, 0.29) is 0 Å². The molecule has 0 unspecified atom stereocenters. The molecule has 0 amide bonds. The Hall–Kier alpha value is -2.81. The lowest BCUT2D eigenvalue weighted by molar-refractivity contribution is 0.888. The second-order valence-corrected chi connectivity index (χ2v) is 6.72. The monoisotopic (exact) mass is 343 g/mol. The minimum atomic E-state index is 0.833. The van der Waals surface area contributed by atoms with Gasteiger partial charge in [-0.05, 0) is 36.8 Å². The van der Waals surface area contributed by atoms with Gasteiger partial charge in [-0.1, -0.05) is 60.7 Å². The number of aromatic nitrogens is 1. The van der Waals surface area contributed by atoms with Gasteiger partial charge in [-0.3, -0.25) is 4.99 Å². The van der Waals surface area contributed by atoms with Gasteiger partial charge in [-0.25, -0.2) is 0 Å². The van der Waals surface area contributed by atoms with Crippen molar-refractivity contribution >= 4 is 28.1 Å². The molecule has 26 heavy (non-hydrogen) atoms. The lowest BCUT2D eigenvalue weighted by Crippen LogP contribution is -2.12.